The van der Waals surface area contributed by atoms with E-state index in [4.69, 9.17) is 9.47 Å². The predicted octanol–water partition coefficient (Wildman–Crippen LogP) is 4.33. The van der Waals surface area contributed by atoms with Gasteiger partial charge in [0.25, 0.3) is 0 Å². The van der Waals surface area contributed by atoms with Crippen LogP contribution in [0.4, 0.5) is 0 Å². The van der Waals surface area contributed by atoms with Crippen LogP contribution in [0.3, 0.4) is 0 Å². The maximum atomic E-state index is 12.6. The van der Waals surface area contributed by atoms with Gasteiger partial charge in [-0.05, 0) is 49.2 Å². The Hall–Kier alpha value is -2.92. The van der Waals surface area contributed by atoms with E-state index in [-0.39, 0.29) is 12.4 Å². The third-order valence-electron chi connectivity index (χ3n) is 4.92. The van der Waals surface area contributed by atoms with E-state index in [1.807, 2.05) is 50.2 Å². The highest BCUT2D eigenvalue weighted by atomic mass is 16.5. The van der Waals surface area contributed by atoms with E-state index in [0.29, 0.717) is 17.7 Å². The summed E-state index contributed by atoms with van der Waals surface area (Å²) < 4.78 is 12.5. The number of ketones is 1. The summed E-state index contributed by atoms with van der Waals surface area (Å²) in [6.07, 6.45) is 0.872. The average molecular weight is 379 g/mol. The summed E-state index contributed by atoms with van der Waals surface area (Å²) in [6.45, 7) is 5.07. The molecule has 2 aromatic carbocycles. The summed E-state index contributed by atoms with van der Waals surface area (Å²) in [4.78, 5) is 25.0. The van der Waals surface area contributed by atoms with Crippen molar-refractivity contribution in [2.75, 3.05) is 20.3 Å². The van der Waals surface area contributed by atoms with Crippen molar-refractivity contribution in [1.29, 1.82) is 0 Å². The first-order chi connectivity index (χ1) is 13.5. The highest BCUT2D eigenvalue weighted by molar-refractivity contribution is 6.01. The second-order valence-corrected chi connectivity index (χ2v) is 6.84. The van der Waals surface area contributed by atoms with Crippen molar-refractivity contribution < 1.29 is 19.1 Å². The molecule has 0 aliphatic rings. The second-order valence-electron chi connectivity index (χ2n) is 6.84. The molecule has 0 saturated carbocycles. The van der Waals surface area contributed by atoms with Gasteiger partial charge in [0.05, 0.1) is 5.56 Å². The van der Waals surface area contributed by atoms with Crippen molar-refractivity contribution in [1.82, 2.24) is 4.57 Å². The van der Waals surface area contributed by atoms with Gasteiger partial charge in [-0.25, -0.2) is 4.79 Å². The minimum Gasteiger partial charge on any atom is -0.454 e. The zero-order valence-corrected chi connectivity index (χ0v) is 16.5. The van der Waals surface area contributed by atoms with Crippen molar-refractivity contribution in [3.63, 3.8) is 0 Å². The van der Waals surface area contributed by atoms with Gasteiger partial charge < -0.3 is 14.0 Å². The maximum Gasteiger partial charge on any atom is 0.338 e. The molecule has 0 amide bonds. The molecular weight excluding hydrogens is 354 g/mol. The van der Waals surface area contributed by atoms with E-state index in [9.17, 15) is 9.59 Å². The summed E-state index contributed by atoms with van der Waals surface area (Å²) in [5.41, 5.74) is 2.94. The van der Waals surface area contributed by atoms with E-state index in [0.717, 1.165) is 35.1 Å². The topological polar surface area (TPSA) is 57.5 Å². The van der Waals surface area contributed by atoms with Gasteiger partial charge in [0.2, 0.25) is 5.78 Å². The first kappa shape index (κ1) is 19.8. The van der Waals surface area contributed by atoms with Gasteiger partial charge in [0.1, 0.15) is 0 Å². The standard InChI is InChI=1S/C23H25NO4/c1-16-13-21(17(2)24(16)11-6-12-27-3)22(25)15-28-23(26)20-10-9-18-7-4-5-8-19(18)14-20/h4-5,7-10,13-14H,6,11-12,15H2,1-3H3. The number of Topliss-reactive ketones (excluding diaryl/α,β-unsaturated/α-hetero) is 1. The molecule has 1 heterocycles. The van der Waals surface area contributed by atoms with E-state index in [1.54, 1.807) is 19.2 Å². The molecule has 0 N–H and O–H groups in total. The summed E-state index contributed by atoms with van der Waals surface area (Å²) >= 11 is 0. The van der Waals surface area contributed by atoms with Crippen molar-refractivity contribution in [2.45, 2.75) is 26.8 Å². The van der Waals surface area contributed by atoms with Gasteiger partial charge >= 0.3 is 5.97 Å². The van der Waals surface area contributed by atoms with Crippen LogP contribution in [-0.2, 0) is 16.0 Å². The van der Waals surface area contributed by atoms with Crippen LogP contribution < -0.4 is 0 Å². The Morgan fingerprint density at radius 3 is 2.50 bits per heavy atom. The number of carbonyl (C=O) groups excluding carboxylic acids is 2. The van der Waals surface area contributed by atoms with Crippen LogP contribution in [0.5, 0.6) is 0 Å². The highest BCUT2D eigenvalue weighted by Crippen LogP contribution is 2.18. The molecule has 3 aromatic rings. The number of carbonyl (C=O) groups is 2. The fourth-order valence-corrected chi connectivity index (χ4v) is 3.40. The van der Waals surface area contributed by atoms with Crippen LogP contribution in [0.25, 0.3) is 10.8 Å². The molecule has 146 valence electrons. The van der Waals surface area contributed by atoms with Crippen LogP contribution in [0, 0.1) is 13.8 Å². The maximum absolute atomic E-state index is 12.6. The fraction of sp³-hybridized carbons (Fsp3) is 0.304. The second kappa shape index (κ2) is 8.85. The Balaban J connectivity index is 1.66. The average Bonchev–Trinajstić information content (AvgIpc) is 3.00. The number of rotatable bonds is 8. The molecule has 0 unspecified atom stereocenters. The van der Waals surface area contributed by atoms with Crippen LogP contribution in [-0.4, -0.2) is 36.6 Å². The summed E-state index contributed by atoms with van der Waals surface area (Å²) in [6, 6.07) is 15.0. The first-order valence-corrected chi connectivity index (χ1v) is 9.36. The fourth-order valence-electron chi connectivity index (χ4n) is 3.40. The molecule has 5 nitrogen and oxygen atoms in total. The SMILES string of the molecule is COCCCn1c(C)cc(C(=O)COC(=O)c2ccc3ccccc3c2)c1C. The molecule has 0 atom stereocenters. The monoisotopic (exact) mass is 379 g/mol. The van der Waals surface area contributed by atoms with Gasteiger partial charge in [-0.15, -0.1) is 0 Å². The molecule has 0 aliphatic heterocycles. The van der Waals surface area contributed by atoms with Crippen molar-refractivity contribution in [2.24, 2.45) is 0 Å². The van der Waals surface area contributed by atoms with E-state index in [2.05, 4.69) is 4.57 Å². The quantitative estimate of drug-likeness (QED) is 0.332. The Morgan fingerprint density at radius 2 is 1.75 bits per heavy atom. The molecular formula is C23H25NO4. The third kappa shape index (κ3) is 4.31. The van der Waals surface area contributed by atoms with Crippen LogP contribution in [0.1, 0.15) is 38.5 Å². The highest BCUT2D eigenvalue weighted by Gasteiger charge is 2.18. The van der Waals surface area contributed by atoms with Gasteiger partial charge in [-0.3, -0.25) is 4.79 Å². The van der Waals surface area contributed by atoms with Gasteiger partial charge in [0.15, 0.2) is 6.61 Å². The van der Waals surface area contributed by atoms with Crippen molar-refractivity contribution in [3.05, 3.63) is 71.0 Å². The van der Waals surface area contributed by atoms with Crippen molar-refractivity contribution >= 4 is 22.5 Å². The van der Waals surface area contributed by atoms with Crippen LogP contribution in [0.15, 0.2) is 48.5 Å². The van der Waals surface area contributed by atoms with E-state index >= 15 is 0 Å². The molecule has 0 radical (unpaired) electrons. The summed E-state index contributed by atoms with van der Waals surface area (Å²) in [5.74, 6) is -0.687. The number of esters is 1. The molecule has 3 rings (SSSR count). The summed E-state index contributed by atoms with van der Waals surface area (Å²) in [7, 11) is 1.67. The van der Waals surface area contributed by atoms with Gasteiger partial charge in [0, 0.05) is 37.2 Å². The smallest absolute Gasteiger partial charge is 0.338 e. The van der Waals surface area contributed by atoms with Crippen LogP contribution >= 0.6 is 0 Å². The number of hydrogen-bond donors (Lipinski definition) is 0. The largest absolute Gasteiger partial charge is 0.454 e. The molecule has 0 bridgehead atoms. The van der Waals surface area contributed by atoms with Crippen molar-refractivity contribution in [3.8, 4) is 0 Å². The van der Waals surface area contributed by atoms with Gasteiger partial charge in [-0.1, -0.05) is 30.3 Å². The Kier molecular flexibility index (Phi) is 6.26. The molecule has 5 heteroatoms. The predicted molar refractivity (Wildman–Crippen MR) is 109 cm³/mol. The van der Waals surface area contributed by atoms with E-state index in [1.165, 1.54) is 0 Å². The molecule has 0 spiro atoms. The molecule has 0 saturated heterocycles. The first-order valence-electron chi connectivity index (χ1n) is 9.36. The lowest BCUT2D eigenvalue weighted by atomic mass is 10.1. The van der Waals surface area contributed by atoms with E-state index < -0.39 is 5.97 Å². The summed E-state index contributed by atoms with van der Waals surface area (Å²) in [5, 5.41) is 2.01. The zero-order chi connectivity index (χ0) is 20.1. The molecule has 28 heavy (non-hydrogen) atoms. The lowest BCUT2D eigenvalue weighted by Gasteiger charge is -2.09. The Labute approximate surface area is 164 Å². The Morgan fingerprint density at radius 1 is 1.00 bits per heavy atom. The number of methoxy groups -OCH3 is 1. The van der Waals surface area contributed by atoms with Crippen LogP contribution in [0.2, 0.25) is 0 Å². The number of aryl methyl sites for hydroxylation is 1. The van der Waals surface area contributed by atoms with Gasteiger partial charge in [-0.2, -0.15) is 0 Å². The Bertz CT molecular complexity index is 1000. The number of nitrogens with zero attached hydrogens (tertiary/aromatic N) is 1. The number of hydrogen-bond acceptors (Lipinski definition) is 4. The number of ether oxygens (including phenoxy) is 2. The number of aromatic nitrogens is 1. The lowest BCUT2D eigenvalue weighted by Crippen LogP contribution is -2.15. The molecule has 1 aromatic heterocycles. The minimum atomic E-state index is -0.493. The zero-order valence-electron chi connectivity index (χ0n) is 16.5. The number of benzene rings is 2. The minimum absolute atomic E-state index is 0.194. The molecule has 0 aliphatic carbocycles. The molecule has 0 fully saturated rings. The third-order valence-corrected chi connectivity index (χ3v) is 4.92. The lowest BCUT2D eigenvalue weighted by molar-refractivity contribution is 0.0474. The number of fused-ring (bicyclic) bond motifs is 1. The normalized spacial score (nSPS) is 11.0.